The highest BCUT2D eigenvalue weighted by molar-refractivity contribution is 5.71. The quantitative estimate of drug-likeness (QED) is 0.761. The molecular weight excluding hydrogens is 298 g/mol. The molecule has 0 spiro atoms. The number of hydrogen-bond donors (Lipinski definition) is 1. The van der Waals surface area contributed by atoms with E-state index >= 15 is 0 Å². The standard InChI is InChI=1S/C20H23N3O/c1-14(2)20-22-18(16-9-11-17(24-3)12-10-16)19(21)23(20)13-15-7-5-4-6-8-15/h4-12,14H,13,21H2,1-3H3. The molecule has 0 fully saturated rings. The van der Waals surface area contributed by atoms with Crippen molar-refractivity contribution in [2.45, 2.75) is 26.3 Å². The van der Waals surface area contributed by atoms with Crippen LogP contribution in [-0.4, -0.2) is 16.7 Å². The zero-order chi connectivity index (χ0) is 17.1. The molecule has 0 radical (unpaired) electrons. The van der Waals surface area contributed by atoms with Gasteiger partial charge < -0.3 is 15.0 Å². The fraction of sp³-hybridized carbons (Fsp3) is 0.250. The first-order chi connectivity index (χ1) is 11.6. The third-order valence-electron chi connectivity index (χ3n) is 4.10. The van der Waals surface area contributed by atoms with E-state index in [-0.39, 0.29) is 0 Å². The third-order valence-corrected chi connectivity index (χ3v) is 4.10. The van der Waals surface area contributed by atoms with Crippen molar-refractivity contribution in [2.75, 3.05) is 12.8 Å². The molecule has 0 aliphatic carbocycles. The molecule has 124 valence electrons. The van der Waals surface area contributed by atoms with E-state index in [9.17, 15) is 0 Å². The van der Waals surface area contributed by atoms with Gasteiger partial charge in [0.25, 0.3) is 0 Å². The molecule has 2 aromatic carbocycles. The minimum Gasteiger partial charge on any atom is -0.497 e. The maximum absolute atomic E-state index is 6.46. The largest absolute Gasteiger partial charge is 0.497 e. The van der Waals surface area contributed by atoms with Crippen LogP contribution in [0.4, 0.5) is 5.82 Å². The minimum atomic E-state index is 0.294. The van der Waals surface area contributed by atoms with Gasteiger partial charge in [-0.1, -0.05) is 44.2 Å². The van der Waals surface area contributed by atoms with E-state index in [4.69, 9.17) is 15.5 Å². The van der Waals surface area contributed by atoms with Crippen LogP contribution in [0.5, 0.6) is 5.75 Å². The van der Waals surface area contributed by atoms with Crippen LogP contribution in [0, 0.1) is 0 Å². The van der Waals surface area contributed by atoms with Gasteiger partial charge in [-0.2, -0.15) is 0 Å². The number of nitrogen functional groups attached to an aromatic ring is 1. The van der Waals surface area contributed by atoms with Gasteiger partial charge in [-0.15, -0.1) is 0 Å². The second-order valence-corrected chi connectivity index (χ2v) is 6.16. The first-order valence-corrected chi connectivity index (χ1v) is 8.14. The number of nitrogens with zero attached hydrogens (tertiary/aromatic N) is 2. The van der Waals surface area contributed by atoms with Crippen LogP contribution < -0.4 is 10.5 Å². The summed E-state index contributed by atoms with van der Waals surface area (Å²) in [6.45, 7) is 5.01. The number of benzene rings is 2. The predicted molar refractivity (Wildman–Crippen MR) is 98.3 cm³/mol. The summed E-state index contributed by atoms with van der Waals surface area (Å²) in [6, 6.07) is 18.2. The Morgan fingerprint density at radius 3 is 2.29 bits per heavy atom. The second kappa shape index (κ2) is 6.79. The van der Waals surface area contributed by atoms with Crippen molar-refractivity contribution >= 4 is 5.82 Å². The Hall–Kier alpha value is -2.75. The van der Waals surface area contributed by atoms with Gasteiger partial charge in [0.1, 0.15) is 23.1 Å². The number of imidazole rings is 1. The maximum atomic E-state index is 6.46. The van der Waals surface area contributed by atoms with Crippen LogP contribution >= 0.6 is 0 Å². The van der Waals surface area contributed by atoms with Gasteiger partial charge in [0.2, 0.25) is 0 Å². The topological polar surface area (TPSA) is 53.1 Å². The smallest absolute Gasteiger partial charge is 0.132 e. The lowest BCUT2D eigenvalue weighted by Crippen LogP contribution is -2.09. The molecule has 0 bridgehead atoms. The zero-order valence-electron chi connectivity index (χ0n) is 14.4. The van der Waals surface area contributed by atoms with E-state index in [1.165, 1.54) is 5.56 Å². The molecule has 4 heteroatoms. The van der Waals surface area contributed by atoms with Gasteiger partial charge in [0, 0.05) is 11.5 Å². The lowest BCUT2D eigenvalue weighted by Gasteiger charge is -2.12. The molecule has 1 heterocycles. The Balaban J connectivity index is 2.03. The summed E-state index contributed by atoms with van der Waals surface area (Å²) < 4.78 is 7.34. The van der Waals surface area contributed by atoms with Gasteiger partial charge in [0.15, 0.2) is 0 Å². The molecule has 0 amide bonds. The van der Waals surface area contributed by atoms with Gasteiger partial charge in [-0.3, -0.25) is 0 Å². The number of anilines is 1. The number of nitrogens with two attached hydrogens (primary N) is 1. The molecule has 3 rings (SSSR count). The number of aromatic nitrogens is 2. The zero-order valence-corrected chi connectivity index (χ0v) is 14.4. The Morgan fingerprint density at radius 1 is 1.04 bits per heavy atom. The van der Waals surface area contributed by atoms with E-state index in [1.54, 1.807) is 7.11 Å². The van der Waals surface area contributed by atoms with Crippen LogP contribution in [0.15, 0.2) is 54.6 Å². The highest BCUT2D eigenvalue weighted by Gasteiger charge is 2.18. The molecule has 0 saturated carbocycles. The van der Waals surface area contributed by atoms with Crippen molar-refractivity contribution in [2.24, 2.45) is 0 Å². The number of rotatable bonds is 5. The van der Waals surface area contributed by atoms with Crippen molar-refractivity contribution in [1.82, 2.24) is 9.55 Å². The maximum Gasteiger partial charge on any atom is 0.132 e. The summed E-state index contributed by atoms with van der Waals surface area (Å²) in [5.41, 5.74) is 9.51. The molecule has 0 atom stereocenters. The summed E-state index contributed by atoms with van der Waals surface area (Å²) in [6.07, 6.45) is 0. The average molecular weight is 321 g/mol. The van der Waals surface area contributed by atoms with E-state index < -0.39 is 0 Å². The monoisotopic (exact) mass is 321 g/mol. The number of hydrogen-bond acceptors (Lipinski definition) is 3. The molecule has 0 aliphatic rings. The van der Waals surface area contributed by atoms with Crippen LogP contribution in [-0.2, 0) is 6.54 Å². The van der Waals surface area contributed by atoms with Gasteiger partial charge >= 0.3 is 0 Å². The van der Waals surface area contributed by atoms with E-state index in [0.29, 0.717) is 11.7 Å². The van der Waals surface area contributed by atoms with Crippen molar-refractivity contribution in [3.05, 3.63) is 66.0 Å². The Kier molecular flexibility index (Phi) is 4.56. The normalized spacial score (nSPS) is 11.0. The average Bonchev–Trinajstić information content (AvgIpc) is 2.93. The van der Waals surface area contributed by atoms with E-state index in [1.807, 2.05) is 42.5 Å². The first-order valence-electron chi connectivity index (χ1n) is 8.14. The summed E-state index contributed by atoms with van der Waals surface area (Å²) in [7, 11) is 1.66. The van der Waals surface area contributed by atoms with Gasteiger partial charge in [-0.05, 0) is 29.8 Å². The molecule has 0 saturated heterocycles. The van der Waals surface area contributed by atoms with Crippen molar-refractivity contribution in [3.63, 3.8) is 0 Å². The van der Waals surface area contributed by atoms with E-state index in [2.05, 4.69) is 30.5 Å². The number of methoxy groups -OCH3 is 1. The summed E-state index contributed by atoms with van der Waals surface area (Å²) in [4.78, 5) is 4.83. The minimum absolute atomic E-state index is 0.294. The molecular formula is C20H23N3O. The highest BCUT2D eigenvalue weighted by atomic mass is 16.5. The fourth-order valence-electron chi connectivity index (χ4n) is 2.82. The number of ether oxygens (including phenoxy) is 1. The lowest BCUT2D eigenvalue weighted by atomic mass is 10.1. The predicted octanol–water partition coefficient (Wildman–Crippen LogP) is 4.31. The van der Waals surface area contributed by atoms with Crippen molar-refractivity contribution in [1.29, 1.82) is 0 Å². The third kappa shape index (κ3) is 3.13. The van der Waals surface area contributed by atoms with Crippen LogP contribution in [0.2, 0.25) is 0 Å². The van der Waals surface area contributed by atoms with Crippen LogP contribution in [0.1, 0.15) is 31.2 Å². The highest BCUT2D eigenvalue weighted by Crippen LogP contribution is 2.31. The molecule has 24 heavy (non-hydrogen) atoms. The van der Waals surface area contributed by atoms with Crippen LogP contribution in [0.3, 0.4) is 0 Å². The molecule has 1 aromatic heterocycles. The second-order valence-electron chi connectivity index (χ2n) is 6.16. The fourth-order valence-corrected chi connectivity index (χ4v) is 2.82. The lowest BCUT2D eigenvalue weighted by molar-refractivity contribution is 0.415. The SMILES string of the molecule is COc1ccc(-c2nc(C(C)C)n(Cc3ccccc3)c2N)cc1. The summed E-state index contributed by atoms with van der Waals surface area (Å²) in [5.74, 6) is 2.82. The van der Waals surface area contributed by atoms with Gasteiger partial charge in [0.05, 0.1) is 13.7 Å². The Bertz CT molecular complexity index is 805. The molecule has 3 aromatic rings. The summed E-state index contributed by atoms with van der Waals surface area (Å²) in [5, 5.41) is 0. The van der Waals surface area contributed by atoms with Crippen molar-refractivity contribution < 1.29 is 4.74 Å². The Labute approximate surface area is 142 Å². The molecule has 0 unspecified atom stereocenters. The first kappa shape index (κ1) is 16.1. The molecule has 0 aliphatic heterocycles. The Morgan fingerprint density at radius 2 is 1.71 bits per heavy atom. The molecule has 2 N–H and O–H groups in total. The van der Waals surface area contributed by atoms with Crippen molar-refractivity contribution in [3.8, 4) is 17.0 Å². The summed E-state index contributed by atoms with van der Waals surface area (Å²) >= 11 is 0. The molecule has 4 nitrogen and oxygen atoms in total. The van der Waals surface area contributed by atoms with Gasteiger partial charge in [-0.25, -0.2) is 4.98 Å². The van der Waals surface area contributed by atoms with E-state index in [0.717, 1.165) is 29.4 Å². The van der Waals surface area contributed by atoms with Crippen LogP contribution in [0.25, 0.3) is 11.3 Å².